The second-order valence-electron chi connectivity index (χ2n) is 5.00. The lowest BCUT2D eigenvalue weighted by Gasteiger charge is -2.23. The van der Waals surface area contributed by atoms with Crippen molar-refractivity contribution in [1.29, 1.82) is 0 Å². The normalized spacial score (nSPS) is 17.5. The molecule has 3 heteroatoms. The van der Waals surface area contributed by atoms with Crippen molar-refractivity contribution < 1.29 is 0 Å². The van der Waals surface area contributed by atoms with Crippen LogP contribution >= 0.6 is 0 Å². The van der Waals surface area contributed by atoms with Gasteiger partial charge in [-0.2, -0.15) is 0 Å². The summed E-state index contributed by atoms with van der Waals surface area (Å²) in [4.78, 5) is 4.50. The van der Waals surface area contributed by atoms with E-state index in [1.807, 2.05) is 6.20 Å². The third-order valence-electron chi connectivity index (χ3n) is 3.73. The van der Waals surface area contributed by atoms with Crippen LogP contribution in [0.2, 0.25) is 0 Å². The van der Waals surface area contributed by atoms with Gasteiger partial charge in [-0.3, -0.25) is 0 Å². The van der Waals surface area contributed by atoms with Gasteiger partial charge in [0.05, 0.1) is 5.52 Å². The molecule has 3 rings (SSSR count). The van der Waals surface area contributed by atoms with Crippen LogP contribution in [0, 0.1) is 0 Å². The highest BCUT2D eigenvalue weighted by molar-refractivity contribution is 5.89. The zero-order valence-corrected chi connectivity index (χ0v) is 10.3. The van der Waals surface area contributed by atoms with Gasteiger partial charge >= 0.3 is 0 Å². The molecule has 0 radical (unpaired) electrons. The van der Waals surface area contributed by atoms with Gasteiger partial charge in [-0.05, 0) is 25.0 Å². The molecule has 1 aliphatic rings. The highest BCUT2D eigenvalue weighted by atomic mass is 15.1. The van der Waals surface area contributed by atoms with E-state index in [9.17, 15) is 0 Å². The van der Waals surface area contributed by atoms with E-state index in [0.29, 0.717) is 6.04 Å². The van der Waals surface area contributed by atoms with Gasteiger partial charge in [0.15, 0.2) is 5.82 Å². The number of aryl methyl sites for hydroxylation is 1. The van der Waals surface area contributed by atoms with Crippen molar-refractivity contribution in [2.75, 3.05) is 5.32 Å². The highest BCUT2D eigenvalue weighted by Gasteiger charge is 2.15. The molecule has 0 bridgehead atoms. The second-order valence-corrected chi connectivity index (χ2v) is 5.00. The van der Waals surface area contributed by atoms with Gasteiger partial charge in [0.1, 0.15) is 0 Å². The number of fused-ring (bicyclic) bond motifs is 1. The van der Waals surface area contributed by atoms with Gasteiger partial charge in [0.2, 0.25) is 0 Å². The molecule has 0 atom stereocenters. The summed E-state index contributed by atoms with van der Waals surface area (Å²) in [6, 6.07) is 4.82. The Kier molecular flexibility index (Phi) is 2.75. The van der Waals surface area contributed by atoms with E-state index in [1.165, 1.54) is 43.0 Å². The first kappa shape index (κ1) is 10.6. The van der Waals surface area contributed by atoms with Crippen molar-refractivity contribution in [3.8, 4) is 0 Å². The molecule has 1 fully saturated rings. The van der Waals surface area contributed by atoms with Crippen molar-refractivity contribution in [1.82, 2.24) is 9.55 Å². The predicted octanol–water partition coefficient (Wildman–Crippen LogP) is 3.32. The molecule has 0 spiro atoms. The maximum absolute atomic E-state index is 4.50. The topological polar surface area (TPSA) is 29.9 Å². The molecule has 0 aromatic carbocycles. The number of nitrogens with zero attached hydrogens (tertiary/aromatic N) is 2. The monoisotopic (exact) mass is 229 g/mol. The van der Waals surface area contributed by atoms with Gasteiger partial charge in [-0.25, -0.2) is 4.98 Å². The fraction of sp³-hybridized carbons (Fsp3) is 0.500. The molecule has 2 aromatic rings. The molecular formula is C14H19N3. The summed E-state index contributed by atoms with van der Waals surface area (Å²) in [5.41, 5.74) is 1.22. The van der Waals surface area contributed by atoms with Gasteiger partial charge in [0.25, 0.3) is 0 Å². The van der Waals surface area contributed by atoms with Gasteiger partial charge in [-0.1, -0.05) is 19.3 Å². The van der Waals surface area contributed by atoms with Crippen LogP contribution in [0.1, 0.15) is 32.1 Å². The number of aromatic nitrogens is 2. The minimum Gasteiger partial charge on any atom is -0.366 e. The Morgan fingerprint density at radius 2 is 2.06 bits per heavy atom. The van der Waals surface area contributed by atoms with E-state index in [0.717, 1.165) is 5.82 Å². The smallest absolute Gasteiger partial charge is 0.150 e. The molecule has 2 heterocycles. The lowest BCUT2D eigenvalue weighted by molar-refractivity contribution is 0.462. The Balaban J connectivity index is 1.91. The maximum Gasteiger partial charge on any atom is 0.150 e. The molecule has 3 nitrogen and oxygen atoms in total. The third kappa shape index (κ3) is 2.02. The first-order chi connectivity index (χ1) is 8.34. The minimum absolute atomic E-state index is 0.608. The average Bonchev–Trinajstić information content (AvgIpc) is 2.74. The Labute approximate surface area is 102 Å². The van der Waals surface area contributed by atoms with E-state index >= 15 is 0 Å². The van der Waals surface area contributed by atoms with Crippen LogP contribution in [0.25, 0.3) is 10.9 Å². The quantitative estimate of drug-likeness (QED) is 0.856. The van der Waals surface area contributed by atoms with E-state index in [2.05, 4.69) is 40.2 Å². The van der Waals surface area contributed by atoms with Crippen LogP contribution in [0.4, 0.5) is 5.82 Å². The molecule has 1 saturated carbocycles. The molecule has 1 aliphatic carbocycles. The summed E-state index contributed by atoms with van der Waals surface area (Å²) < 4.78 is 2.15. The standard InChI is InChI=1S/C14H19N3/c1-17-10-8-11-7-9-15-14(13(11)17)16-12-5-3-2-4-6-12/h7-10,12H,2-6H2,1H3,(H,15,16). The zero-order chi connectivity index (χ0) is 11.7. The molecule has 0 saturated heterocycles. The Morgan fingerprint density at radius 3 is 2.88 bits per heavy atom. The van der Waals surface area contributed by atoms with E-state index in [4.69, 9.17) is 0 Å². The number of rotatable bonds is 2. The first-order valence-corrected chi connectivity index (χ1v) is 6.51. The number of hydrogen-bond acceptors (Lipinski definition) is 2. The van der Waals surface area contributed by atoms with Crippen LogP contribution in [-0.4, -0.2) is 15.6 Å². The van der Waals surface area contributed by atoms with Crippen molar-refractivity contribution >= 4 is 16.7 Å². The van der Waals surface area contributed by atoms with Crippen molar-refractivity contribution in [2.24, 2.45) is 7.05 Å². The predicted molar refractivity (Wildman–Crippen MR) is 71.2 cm³/mol. The fourth-order valence-electron chi connectivity index (χ4n) is 2.79. The number of hydrogen-bond donors (Lipinski definition) is 1. The number of pyridine rings is 1. The maximum atomic E-state index is 4.50. The lowest BCUT2D eigenvalue weighted by atomic mass is 9.95. The summed E-state index contributed by atoms with van der Waals surface area (Å²) in [7, 11) is 2.08. The van der Waals surface area contributed by atoms with Crippen molar-refractivity contribution in [3.05, 3.63) is 24.5 Å². The summed E-state index contributed by atoms with van der Waals surface area (Å²) >= 11 is 0. The zero-order valence-electron chi connectivity index (χ0n) is 10.3. The van der Waals surface area contributed by atoms with Gasteiger partial charge in [-0.15, -0.1) is 0 Å². The molecule has 2 aromatic heterocycles. The Morgan fingerprint density at radius 1 is 1.24 bits per heavy atom. The molecule has 0 unspecified atom stereocenters. The Bertz CT molecular complexity index is 509. The van der Waals surface area contributed by atoms with Gasteiger partial charge < -0.3 is 9.88 Å². The largest absolute Gasteiger partial charge is 0.366 e. The van der Waals surface area contributed by atoms with Crippen molar-refractivity contribution in [3.63, 3.8) is 0 Å². The summed E-state index contributed by atoms with van der Waals surface area (Å²) in [6.07, 6.45) is 10.6. The molecule has 90 valence electrons. The van der Waals surface area contributed by atoms with Crippen LogP contribution in [0.5, 0.6) is 0 Å². The molecule has 1 N–H and O–H groups in total. The number of anilines is 1. The van der Waals surface area contributed by atoms with Crippen LogP contribution in [0.15, 0.2) is 24.5 Å². The third-order valence-corrected chi connectivity index (χ3v) is 3.73. The molecule has 0 amide bonds. The fourth-order valence-corrected chi connectivity index (χ4v) is 2.79. The van der Waals surface area contributed by atoms with E-state index < -0.39 is 0 Å². The van der Waals surface area contributed by atoms with E-state index in [1.54, 1.807) is 0 Å². The molecule has 17 heavy (non-hydrogen) atoms. The minimum atomic E-state index is 0.608. The summed E-state index contributed by atoms with van der Waals surface area (Å²) in [5.74, 6) is 1.04. The number of nitrogens with one attached hydrogen (secondary N) is 1. The highest BCUT2D eigenvalue weighted by Crippen LogP contribution is 2.25. The second kappa shape index (κ2) is 4.40. The lowest BCUT2D eigenvalue weighted by Crippen LogP contribution is -2.23. The molecule has 0 aliphatic heterocycles. The van der Waals surface area contributed by atoms with Crippen LogP contribution in [-0.2, 0) is 7.05 Å². The van der Waals surface area contributed by atoms with Crippen LogP contribution in [0.3, 0.4) is 0 Å². The average molecular weight is 229 g/mol. The summed E-state index contributed by atoms with van der Waals surface area (Å²) in [5, 5.41) is 4.88. The van der Waals surface area contributed by atoms with Gasteiger partial charge in [0, 0.05) is 30.9 Å². The van der Waals surface area contributed by atoms with E-state index in [-0.39, 0.29) is 0 Å². The molecular weight excluding hydrogens is 210 g/mol. The SMILES string of the molecule is Cn1ccc2ccnc(NC3CCCCC3)c21. The van der Waals surface area contributed by atoms with Crippen molar-refractivity contribution in [2.45, 2.75) is 38.1 Å². The first-order valence-electron chi connectivity index (χ1n) is 6.51. The Hall–Kier alpha value is -1.51. The van der Waals surface area contributed by atoms with Crippen LogP contribution < -0.4 is 5.32 Å². The summed E-state index contributed by atoms with van der Waals surface area (Å²) in [6.45, 7) is 0.